The predicted octanol–water partition coefficient (Wildman–Crippen LogP) is 3.69. The third-order valence-corrected chi connectivity index (χ3v) is 3.01. The summed E-state index contributed by atoms with van der Waals surface area (Å²) in [6, 6.07) is 17.0. The normalized spacial score (nSPS) is 9.86. The number of nitrogens with one attached hydrogen (secondary N) is 1. The molecule has 0 aliphatic carbocycles. The van der Waals surface area contributed by atoms with Crippen molar-refractivity contribution in [1.29, 1.82) is 5.26 Å². The van der Waals surface area contributed by atoms with Crippen molar-refractivity contribution >= 4 is 5.69 Å². The van der Waals surface area contributed by atoms with Gasteiger partial charge in [-0.3, -0.25) is 0 Å². The van der Waals surface area contributed by atoms with E-state index in [2.05, 4.69) is 11.4 Å². The number of para-hydroxylation sites is 1. The maximum absolute atomic E-state index is 9.72. The van der Waals surface area contributed by atoms with E-state index in [-0.39, 0.29) is 5.75 Å². The van der Waals surface area contributed by atoms with E-state index in [9.17, 15) is 5.11 Å². The largest absolute Gasteiger partial charge is 0.508 e. The Kier molecular flexibility index (Phi) is 5.48. The fourth-order valence-electron chi connectivity index (χ4n) is 1.89. The summed E-state index contributed by atoms with van der Waals surface area (Å²) in [7, 11) is 0. The van der Waals surface area contributed by atoms with E-state index in [4.69, 9.17) is 10.00 Å². The highest BCUT2D eigenvalue weighted by Gasteiger charge is 2.01. The van der Waals surface area contributed by atoms with Crippen LogP contribution in [0.15, 0.2) is 48.5 Å². The lowest BCUT2D eigenvalue weighted by Crippen LogP contribution is -2.01. The molecule has 0 saturated carbocycles. The van der Waals surface area contributed by atoms with Gasteiger partial charge in [0.2, 0.25) is 0 Å². The van der Waals surface area contributed by atoms with Gasteiger partial charge in [0.1, 0.15) is 11.5 Å². The van der Waals surface area contributed by atoms with Crippen LogP contribution in [0.2, 0.25) is 0 Å². The number of phenolic OH excluding ortho intramolecular Hbond substituents is 1. The molecule has 0 saturated heterocycles. The van der Waals surface area contributed by atoms with Gasteiger partial charge in [-0.2, -0.15) is 5.26 Å². The quantitative estimate of drug-likeness (QED) is 0.760. The van der Waals surface area contributed by atoms with E-state index >= 15 is 0 Å². The molecule has 0 atom stereocenters. The molecule has 0 radical (unpaired) electrons. The Morgan fingerprint density at radius 3 is 2.81 bits per heavy atom. The summed E-state index contributed by atoms with van der Waals surface area (Å²) >= 11 is 0. The molecule has 4 heteroatoms. The molecule has 21 heavy (non-hydrogen) atoms. The first-order chi connectivity index (χ1) is 10.3. The molecule has 2 aromatic carbocycles. The van der Waals surface area contributed by atoms with Gasteiger partial charge in [0.05, 0.1) is 12.7 Å². The van der Waals surface area contributed by atoms with Crippen molar-refractivity contribution in [2.75, 3.05) is 11.9 Å². The van der Waals surface area contributed by atoms with Crippen LogP contribution in [0, 0.1) is 11.3 Å². The third-order valence-electron chi connectivity index (χ3n) is 3.01. The molecule has 0 aliphatic heterocycles. The number of phenols is 1. The van der Waals surface area contributed by atoms with Crippen molar-refractivity contribution in [1.82, 2.24) is 0 Å². The first kappa shape index (κ1) is 14.7. The average Bonchev–Trinajstić information content (AvgIpc) is 2.51. The fraction of sp³-hybridized carbons (Fsp3) is 0.235. The molecule has 0 aromatic heterocycles. The third kappa shape index (κ3) is 4.73. The minimum atomic E-state index is 0.286. The number of ether oxygens (including phenoxy) is 1. The van der Waals surface area contributed by atoms with Crippen molar-refractivity contribution in [3.8, 4) is 17.6 Å². The van der Waals surface area contributed by atoms with E-state index in [1.54, 1.807) is 12.1 Å². The molecule has 2 rings (SSSR count). The molecule has 2 aromatic rings. The molecule has 0 fully saturated rings. The Hall–Kier alpha value is -2.67. The average molecular weight is 282 g/mol. The van der Waals surface area contributed by atoms with Crippen molar-refractivity contribution < 1.29 is 9.84 Å². The summed E-state index contributed by atoms with van der Waals surface area (Å²) in [6.07, 6.45) is 1.23. The van der Waals surface area contributed by atoms with Crippen LogP contribution in [0.4, 0.5) is 5.69 Å². The predicted molar refractivity (Wildman–Crippen MR) is 82.2 cm³/mol. The second kappa shape index (κ2) is 7.81. The molecule has 0 spiro atoms. The zero-order valence-corrected chi connectivity index (χ0v) is 11.7. The van der Waals surface area contributed by atoms with Crippen molar-refractivity contribution in [2.24, 2.45) is 0 Å². The van der Waals surface area contributed by atoms with Gasteiger partial charge >= 0.3 is 0 Å². The monoisotopic (exact) mass is 282 g/mol. The first-order valence-electron chi connectivity index (χ1n) is 6.90. The maximum Gasteiger partial charge on any atom is 0.121 e. The van der Waals surface area contributed by atoms with Crippen LogP contribution in [0.3, 0.4) is 0 Å². The Morgan fingerprint density at radius 2 is 2.00 bits per heavy atom. The molecule has 4 nitrogen and oxygen atoms in total. The lowest BCUT2D eigenvalue weighted by Gasteiger charge is -2.10. The summed E-state index contributed by atoms with van der Waals surface area (Å²) < 4.78 is 5.58. The van der Waals surface area contributed by atoms with E-state index in [0.29, 0.717) is 19.6 Å². The number of aromatic hydroxyl groups is 1. The van der Waals surface area contributed by atoms with Gasteiger partial charge in [-0.1, -0.05) is 24.3 Å². The second-order valence-corrected chi connectivity index (χ2v) is 4.62. The molecule has 0 unspecified atom stereocenters. The molecule has 108 valence electrons. The molecular weight excluding hydrogens is 264 g/mol. The molecule has 2 N–H and O–H groups in total. The zero-order chi connectivity index (χ0) is 14.9. The Bertz CT molecular complexity index is 620. The van der Waals surface area contributed by atoms with Gasteiger partial charge in [-0.25, -0.2) is 0 Å². The van der Waals surface area contributed by atoms with Gasteiger partial charge in [0.15, 0.2) is 0 Å². The SMILES string of the molecule is N#CCCCOc1cccc(NCc2ccccc2O)c1. The molecule has 0 aliphatic rings. The van der Waals surface area contributed by atoms with E-state index in [1.807, 2.05) is 36.4 Å². The van der Waals surface area contributed by atoms with Crippen LogP contribution in [0.1, 0.15) is 18.4 Å². The lowest BCUT2D eigenvalue weighted by molar-refractivity contribution is 0.313. The van der Waals surface area contributed by atoms with Gasteiger partial charge in [-0.15, -0.1) is 0 Å². The first-order valence-corrected chi connectivity index (χ1v) is 6.90. The summed E-state index contributed by atoms with van der Waals surface area (Å²) in [5, 5.41) is 21.4. The summed E-state index contributed by atoms with van der Waals surface area (Å²) in [5.41, 5.74) is 1.77. The van der Waals surface area contributed by atoms with E-state index < -0.39 is 0 Å². The molecular formula is C17H18N2O2. The van der Waals surface area contributed by atoms with Crippen LogP contribution in [-0.2, 0) is 6.54 Å². The van der Waals surface area contributed by atoms with Gasteiger partial charge in [-0.05, 0) is 24.6 Å². The summed E-state index contributed by atoms with van der Waals surface area (Å²) in [4.78, 5) is 0. The zero-order valence-electron chi connectivity index (χ0n) is 11.7. The van der Waals surface area contributed by atoms with Crippen molar-refractivity contribution in [3.05, 3.63) is 54.1 Å². The maximum atomic E-state index is 9.72. The van der Waals surface area contributed by atoms with Crippen LogP contribution in [0.5, 0.6) is 11.5 Å². The number of benzene rings is 2. The highest BCUT2D eigenvalue weighted by atomic mass is 16.5. The number of nitriles is 1. The molecule has 0 bridgehead atoms. The van der Waals surface area contributed by atoms with Gasteiger partial charge in [0, 0.05) is 30.3 Å². The Morgan fingerprint density at radius 1 is 1.14 bits per heavy atom. The number of unbranched alkanes of at least 4 members (excludes halogenated alkanes) is 1. The lowest BCUT2D eigenvalue weighted by atomic mass is 10.2. The molecule has 0 amide bonds. The fourth-order valence-corrected chi connectivity index (χ4v) is 1.89. The van der Waals surface area contributed by atoms with E-state index in [1.165, 1.54) is 0 Å². The van der Waals surface area contributed by atoms with Crippen molar-refractivity contribution in [2.45, 2.75) is 19.4 Å². The number of hydrogen-bond acceptors (Lipinski definition) is 4. The number of nitrogens with zero attached hydrogens (tertiary/aromatic N) is 1. The van der Waals surface area contributed by atoms with Crippen LogP contribution < -0.4 is 10.1 Å². The number of hydrogen-bond donors (Lipinski definition) is 2. The van der Waals surface area contributed by atoms with Crippen LogP contribution >= 0.6 is 0 Å². The molecule has 0 heterocycles. The topological polar surface area (TPSA) is 65.3 Å². The Balaban J connectivity index is 1.89. The van der Waals surface area contributed by atoms with Crippen molar-refractivity contribution in [3.63, 3.8) is 0 Å². The number of rotatable bonds is 7. The van der Waals surface area contributed by atoms with Gasteiger partial charge in [0.25, 0.3) is 0 Å². The Labute approximate surface area is 124 Å². The van der Waals surface area contributed by atoms with Gasteiger partial charge < -0.3 is 15.2 Å². The number of anilines is 1. The van der Waals surface area contributed by atoms with E-state index in [0.717, 1.165) is 23.4 Å². The van der Waals surface area contributed by atoms with Crippen LogP contribution in [-0.4, -0.2) is 11.7 Å². The minimum Gasteiger partial charge on any atom is -0.508 e. The minimum absolute atomic E-state index is 0.286. The summed E-state index contributed by atoms with van der Waals surface area (Å²) in [5.74, 6) is 1.06. The highest BCUT2D eigenvalue weighted by molar-refractivity contribution is 5.49. The summed E-state index contributed by atoms with van der Waals surface area (Å²) in [6.45, 7) is 1.08. The second-order valence-electron chi connectivity index (χ2n) is 4.62. The van der Waals surface area contributed by atoms with Crippen LogP contribution in [0.25, 0.3) is 0 Å². The smallest absolute Gasteiger partial charge is 0.121 e. The highest BCUT2D eigenvalue weighted by Crippen LogP contribution is 2.20. The standard InChI is InChI=1S/C17H18N2O2/c18-10-3-4-11-21-16-8-5-7-15(12-16)19-13-14-6-1-2-9-17(14)20/h1-2,5-9,12,19-20H,3-4,11,13H2.